The van der Waals surface area contributed by atoms with Crippen LogP contribution in [0.4, 0.5) is 4.79 Å². The maximum atomic E-state index is 12.2. The Morgan fingerprint density at radius 2 is 1.95 bits per heavy atom. The van der Waals surface area contributed by atoms with Crippen molar-refractivity contribution < 1.29 is 4.79 Å². The molecule has 1 heterocycles. The zero-order valence-corrected chi connectivity index (χ0v) is 12.7. The van der Waals surface area contributed by atoms with Crippen molar-refractivity contribution in [3.05, 3.63) is 65.5 Å². The van der Waals surface area contributed by atoms with Crippen molar-refractivity contribution >= 4 is 6.03 Å². The van der Waals surface area contributed by atoms with Gasteiger partial charge in [-0.15, -0.1) is 0 Å². The predicted octanol–water partition coefficient (Wildman–Crippen LogP) is 3.29. The summed E-state index contributed by atoms with van der Waals surface area (Å²) in [5.41, 5.74) is 3.20. The normalized spacial score (nSPS) is 11.8. The van der Waals surface area contributed by atoms with Crippen LogP contribution in [0, 0.1) is 6.92 Å². The van der Waals surface area contributed by atoms with Crippen molar-refractivity contribution in [2.75, 3.05) is 7.05 Å². The lowest BCUT2D eigenvalue weighted by Crippen LogP contribution is -2.38. The maximum Gasteiger partial charge on any atom is 0.317 e. The number of carbonyl (C=O) groups is 1. The van der Waals surface area contributed by atoms with Gasteiger partial charge in [0.25, 0.3) is 0 Å². The number of hydrogen-bond acceptors (Lipinski definition) is 2. The Morgan fingerprint density at radius 3 is 2.62 bits per heavy atom. The van der Waals surface area contributed by atoms with Gasteiger partial charge in [0.1, 0.15) is 0 Å². The second-order valence-electron chi connectivity index (χ2n) is 5.21. The quantitative estimate of drug-likeness (QED) is 0.935. The van der Waals surface area contributed by atoms with Crippen LogP contribution in [0.1, 0.15) is 29.8 Å². The van der Waals surface area contributed by atoms with Gasteiger partial charge in [-0.25, -0.2) is 4.79 Å². The van der Waals surface area contributed by atoms with E-state index in [-0.39, 0.29) is 12.1 Å². The highest BCUT2D eigenvalue weighted by molar-refractivity contribution is 5.74. The second kappa shape index (κ2) is 6.88. The van der Waals surface area contributed by atoms with Crippen LogP contribution in [0.15, 0.2) is 48.7 Å². The van der Waals surface area contributed by atoms with E-state index in [1.54, 1.807) is 18.1 Å². The Balaban J connectivity index is 1.95. The zero-order valence-electron chi connectivity index (χ0n) is 12.7. The monoisotopic (exact) mass is 283 g/mol. The van der Waals surface area contributed by atoms with Gasteiger partial charge < -0.3 is 10.2 Å². The molecule has 0 aliphatic heterocycles. The highest BCUT2D eigenvalue weighted by Crippen LogP contribution is 2.11. The molecule has 110 valence electrons. The molecule has 0 saturated carbocycles. The molecule has 2 rings (SSSR count). The van der Waals surface area contributed by atoms with Gasteiger partial charge in [-0.2, -0.15) is 0 Å². The van der Waals surface area contributed by atoms with E-state index in [9.17, 15) is 4.79 Å². The molecule has 0 radical (unpaired) electrons. The molecule has 2 amide bonds. The number of pyridine rings is 1. The highest BCUT2D eigenvalue weighted by atomic mass is 16.2. The summed E-state index contributed by atoms with van der Waals surface area (Å²) in [6, 6.07) is 13.6. The molecule has 1 aromatic carbocycles. The van der Waals surface area contributed by atoms with Crippen LogP contribution in [0.3, 0.4) is 0 Å². The van der Waals surface area contributed by atoms with Crippen LogP contribution in [0.25, 0.3) is 0 Å². The largest absolute Gasteiger partial charge is 0.330 e. The summed E-state index contributed by atoms with van der Waals surface area (Å²) in [5, 5.41) is 2.96. The smallest absolute Gasteiger partial charge is 0.317 e. The lowest BCUT2D eigenvalue weighted by atomic mass is 10.1. The maximum absolute atomic E-state index is 12.2. The van der Waals surface area contributed by atoms with E-state index in [2.05, 4.69) is 23.3 Å². The van der Waals surface area contributed by atoms with Gasteiger partial charge in [0.05, 0.1) is 11.7 Å². The summed E-state index contributed by atoms with van der Waals surface area (Å²) in [6.45, 7) is 4.58. The fourth-order valence-electron chi connectivity index (χ4n) is 2.12. The summed E-state index contributed by atoms with van der Waals surface area (Å²) in [5.74, 6) is 0. The molecule has 0 saturated heterocycles. The first-order valence-corrected chi connectivity index (χ1v) is 7.05. The molecule has 2 aromatic rings. The molecule has 0 aliphatic carbocycles. The highest BCUT2D eigenvalue weighted by Gasteiger charge is 2.14. The van der Waals surface area contributed by atoms with Crippen molar-refractivity contribution in [1.82, 2.24) is 15.2 Å². The van der Waals surface area contributed by atoms with Gasteiger partial charge in [0, 0.05) is 19.8 Å². The fraction of sp³-hybridized carbons (Fsp3) is 0.294. The molecule has 0 aliphatic rings. The second-order valence-corrected chi connectivity index (χ2v) is 5.21. The number of benzene rings is 1. The van der Waals surface area contributed by atoms with Gasteiger partial charge in [0.15, 0.2) is 0 Å². The first kappa shape index (κ1) is 15.0. The van der Waals surface area contributed by atoms with E-state index >= 15 is 0 Å². The number of amides is 2. The fourth-order valence-corrected chi connectivity index (χ4v) is 2.12. The minimum atomic E-state index is -0.113. The first-order valence-electron chi connectivity index (χ1n) is 7.05. The summed E-state index contributed by atoms with van der Waals surface area (Å²) < 4.78 is 0. The third-order valence-electron chi connectivity index (χ3n) is 3.49. The topological polar surface area (TPSA) is 45.2 Å². The van der Waals surface area contributed by atoms with Gasteiger partial charge in [-0.3, -0.25) is 4.98 Å². The van der Waals surface area contributed by atoms with Crippen LogP contribution in [-0.4, -0.2) is 23.0 Å². The minimum Gasteiger partial charge on any atom is -0.330 e. The SMILES string of the molecule is Cc1ccccc1CN(C)C(=O)N[C@@H](C)c1ccccn1. The number of nitrogens with one attached hydrogen (secondary N) is 1. The number of urea groups is 1. The van der Waals surface area contributed by atoms with E-state index in [0.717, 1.165) is 11.3 Å². The first-order chi connectivity index (χ1) is 10.1. The molecule has 0 bridgehead atoms. The van der Waals surface area contributed by atoms with Crippen LogP contribution in [-0.2, 0) is 6.54 Å². The van der Waals surface area contributed by atoms with Crippen molar-refractivity contribution in [2.45, 2.75) is 26.4 Å². The van der Waals surface area contributed by atoms with Crippen LogP contribution in [0.5, 0.6) is 0 Å². The molecule has 1 atom stereocenters. The Hall–Kier alpha value is -2.36. The number of rotatable bonds is 4. The van der Waals surface area contributed by atoms with Gasteiger partial charge in [-0.05, 0) is 37.1 Å². The lowest BCUT2D eigenvalue weighted by Gasteiger charge is -2.22. The standard InChI is InChI=1S/C17H21N3O/c1-13-8-4-5-9-15(13)12-20(3)17(21)19-14(2)16-10-6-7-11-18-16/h4-11,14H,12H2,1-3H3,(H,19,21)/t14-/m0/s1. The van der Waals surface area contributed by atoms with E-state index in [1.807, 2.05) is 43.3 Å². The van der Waals surface area contributed by atoms with Crippen molar-refractivity contribution in [1.29, 1.82) is 0 Å². The average Bonchev–Trinajstić information content (AvgIpc) is 2.50. The van der Waals surface area contributed by atoms with Gasteiger partial charge in [-0.1, -0.05) is 30.3 Å². The zero-order chi connectivity index (χ0) is 15.2. The summed E-state index contributed by atoms with van der Waals surface area (Å²) in [7, 11) is 1.80. The Labute approximate surface area is 125 Å². The minimum absolute atomic E-state index is 0.101. The third kappa shape index (κ3) is 4.05. The van der Waals surface area contributed by atoms with E-state index < -0.39 is 0 Å². The molecule has 0 fully saturated rings. The molecule has 4 heteroatoms. The van der Waals surface area contributed by atoms with Gasteiger partial charge >= 0.3 is 6.03 Å². The molecule has 0 spiro atoms. The van der Waals surface area contributed by atoms with Crippen molar-refractivity contribution in [3.63, 3.8) is 0 Å². The van der Waals surface area contributed by atoms with E-state index in [0.29, 0.717) is 6.54 Å². The predicted molar refractivity (Wildman–Crippen MR) is 83.8 cm³/mol. The molecule has 21 heavy (non-hydrogen) atoms. The van der Waals surface area contributed by atoms with E-state index in [1.165, 1.54) is 5.56 Å². The molecular weight excluding hydrogens is 262 g/mol. The van der Waals surface area contributed by atoms with E-state index in [4.69, 9.17) is 0 Å². The molecule has 1 N–H and O–H groups in total. The third-order valence-corrected chi connectivity index (χ3v) is 3.49. The molecule has 0 unspecified atom stereocenters. The number of carbonyl (C=O) groups excluding carboxylic acids is 1. The lowest BCUT2D eigenvalue weighted by molar-refractivity contribution is 0.203. The van der Waals surface area contributed by atoms with Crippen LogP contribution < -0.4 is 5.32 Å². The average molecular weight is 283 g/mol. The Bertz CT molecular complexity index is 598. The summed E-state index contributed by atoms with van der Waals surface area (Å²) in [6.07, 6.45) is 1.73. The number of aromatic nitrogens is 1. The summed E-state index contributed by atoms with van der Waals surface area (Å²) >= 11 is 0. The molecule has 4 nitrogen and oxygen atoms in total. The number of aryl methyl sites for hydroxylation is 1. The molecule has 1 aromatic heterocycles. The Morgan fingerprint density at radius 1 is 1.24 bits per heavy atom. The van der Waals surface area contributed by atoms with Crippen LogP contribution in [0.2, 0.25) is 0 Å². The van der Waals surface area contributed by atoms with Crippen molar-refractivity contribution in [2.24, 2.45) is 0 Å². The Kier molecular flexibility index (Phi) is 4.93. The number of nitrogens with zero attached hydrogens (tertiary/aromatic N) is 2. The molecular formula is C17H21N3O. The number of hydrogen-bond donors (Lipinski definition) is 1. The van der Waals surface area contributed by atoms with Crippen molar-refractivity contribution in [3.8, 4) is 0 Å². The van der Waals surface area contributed by atoms with Crippen LogP contribution >= 0.6 is 0 Å². The summed E-state index contributed by atoms with van der Waals surface area (Å²) in [4.78, 5) is 18.2. The van der Waals surface area contributed by atoms with Gasteiger partial charge in [0.2, 0.25) is 0 Å².